The van der Waals surface area contributed by atoms with Crippen LogP contribution in [-0.4, -0.2) is 12.2 Å². The molecule has 0 aliphatic carbocycles. The molecule has 0 spiro atoms. The van der Waals surface area contributed by atoms with Crippen LogP contribution >= 0.6 is 0 Å². The first-order chi connectivity index (χ1) is 14.3. The van der Waals surface area contributed by atoms with E-state index < -0.39 is 0 Å². The first-order valence-electron chi connectivity index (χ1n) is 9.65. The Bertz CT molecular complexity index is 1290. The van der Waals surface area contributed by atoms with Crippen LogP contribution in [0.15, 0.2) is 97.1 Å². The van der Waals surface area contributed by atoms with Gasteiger partial charge < -0.3 is 9.84 Å². The van der Waals surface area contributed by atoms with Gasteiger partial charge in [-0.1, -0.05) is 84.9 Å². The van der Waals surface area contributed by atoms with Crippen molar-refractivity contribution in [2.75, 3.05) is 7.11 Å². The molecule has 140 valence electrons. The van der Waals surface area contributed by atoms with Crippen molar-refractivity contribution in [3.8, 4) is 33.8 Å². The minimum absolute atomic E-state index is 0.285. The lowest BCUT2D eigenvalue weighted by Crippen LogP contribution is -1.93. The van der Waals surface area contributed by atoms with E-state index in [9.17, 15) is 5.11 Å². The Balaban J connectivity index is 2.02. The highest BCUT2D eigenvalue weighted by Gasteiger charge is 2.19. The summed E-state index contributed by atoms with van der Waals surface area (Å²) in [4.78, 5) is 0. The largest absolute Gasteiger partial charge is 0.507 e. The van der Waals surface area contributed by atoms with Crippen molar-refractivity contribution in [2.45, 2.75) is 0 Å². The van der Waals surface area contributed by atoms with Crippen LogP contribution in [0.3, 0.4) is 0 Å². The van der Waals surface area contributed by atoms with Gasteiger partial charge in [-0.05, 0) is 33.7 Å². The number of hydrogen-bond acceptors (Lipinski definition) is 2. The number of methoxy groups -OCH3 is 1. The molecule has 29 heavy (non-hydrogen) atoms. The molecule has 0 saturated heterocycles. The second-order valence-corrected chi connectivity index (χ2v) is 7.06. The average Bonchev–Trinajstić information content (AvgIpc) is 2.78. The molecule has 5 aromatic carbocycles. The topological polar surface area (TPSA) is 29.5 Å². The number of benzene rings is 5. The Morgan fingerprint density at radius 3 is 1.45 bits per heavy atom. The van der Waals surface area contributed by atoms with E-state index in [0.29, 0.717) is 0 Å². The zero-order valence-electron chi connectivity index (χ0n) is 16.1. The summed E-state index contributed by atoms with van der Waals surface area (Å²) >= 11 is 0. The maximum absolute atomic E-state index is 10.6. The lowest BCUT2D eigenvalue weighted by Gasteiger charge is -2.19. The third kappa shape index (κ3) is 2.73. The van der Waals surface area contributed by atoms with E-state index in [1.807, 2.05) is 48.5 Å². The summed E-state index contributed by atoms with van der Waals surface area (Å²) in [7, 11) is 1.71. The van der Waals surface area contributed by atoms with Gasteiger partial charge in [-0.2, -0.15) is 0 Å². The molecule has 0 saturated carbocycles. The van der Waals surface area contributed by atoms with Gasteiger partial charge in [0.1, 0.15) is 11.5 Å². The Labute approximate surface area is 169 Å². The van der Waals surface area contributed by atoms with Crippen LogP contribution < -0.4 is 4.74 Å². The maximum atomic E-state index is 10.6. The summed E-state index contributed by atoms with van der Waals surface area (Å²) in [6.45, 7) is 0. The second kappa shape index (κ2) is 6.99. The highest BCUT2D eigenvalue weighted by atomic mass is 16.5. The Kier molecular flexibility index (Phi) is 4.18. The standard InChI is InChI=1S/C27H20O2/c1-29-25-17-9-7-15-23(25)27-20-12-4-2-10-18(20)26(19-11-3-5-13-21(19)27)22-14-6-8-16-24(22)28/h2-17,28H,1H3. The average molecular weight is 376 g/mol. The van der Waals surface area contributed by atoms with Crippen LogP contribution in [0.5, 0.6) is 11.5 Å². The lowest BCUT2D eigenvalue weighted by molar-refractivity contribution is 0.416. The van der Waals surface area contributed by atoms with Crippen LogP contribution in [0.4, 0.5) is 0 Å². The van der Waals surface area contributed by atoms with Crippen molar-refractivity contribution in [3.63, 3.8) is 0 Å². The third-order valence-electron chi connectivity index (χ3n) is 5.48. The van der Waals surface area contributed by atoms with Crippen molar-refractivity contribution < 1.29 is 9.84 Å². The van der Waals surface area contributed by atoms with E-state index in [0.717, 1.165) is 49.5 Å². The van der Waals surface area contributed by atoms with E-state index in [4.69, 9.17) is 4.74 Å². The molecule has 0 atom stereocenters. The third-order valence-corrected chi connectivity index (χ3v) is 5.48. The van der Waals surface area contributed by atoms with E-state index in [1.54, 1.807) is 13.2 Å². The minimum atomic E-state index is 0.285. The molecular formula is C27H20O2. The first-order valence-corrected chi connectivity index (χ1v) is 9.65. The van der Waals surface area contributed by atoms with Crippen molar-refractivity contribution in [2.24, 2.45) is 0 Å². The Morgan fingerprint density at radius 2 is 0.931 bits per heavy atom. The highest BCUT2D eigenvalue weighted by Crippen LogP contribution is 2.47. The molecule has 0 fully saturated rings. The van der Waals surface area contributed by atoms with Crippen LogP contribution in [0.25, 0.3) is 43.8 Å². The molecule has 0 radical (unpaired) electrons. The highest BCUT2D eigenvalue weighted by molar-refractivity contribution is 6.22. The van der Waals surface area contributed by atoms with Gasteiger partial charge in [0.15, 0.2) is 0 Å². The fourth-order valence-corrected chi connectivity index (χ4v) is 4.24. The number of para-hydroxylation sites is 2. The van der Waals surface area contributed by atoms with Gasteiger partial charge in [0, 0.05) is 22.3 Å². The fraction of sp³-hybridized carbons (Fsp3) is 0.0370. The maximum Gasteiger partial charge on any atom is 0.126 e. The lowest BCUT2D eigenvalue weighted by atomic mass is 9.85. The van der Waals surface area contributed by atoms with Gasteiger partial charge in [-0.15, -0.1) is 0 Å². The number of aromatic hydroxyl groups is 1. The van der Waals surface area contributed by atoms with Crippen molar-refractivity contribution in [1.82, 2.24) is 0 Å². The molecule has 0 amide bonds. The summed E-state index contributed by atoms with van der Waals surface area (Å²) in [6.07, 6.45) is 0. The van der Waals surface area contributed by atoms with Crippen LogP contribution in [0, 0.1) is 0 Å². The van der Waals surface area contributed by atoms with Crippen molar-refractivity contribution in [3.05, 3.63) is 97.1 Å². The summed E-state index contributed by atoms with van der Waals surface area (Å²) in [5.41, 5.74) is 4.10. The van der Waals surface area contributed by atoms with Gasteiger partial charge >= 0.3 is 0 Å². The van der Waals surface area contributed by atoms with Crippen molar-refractivity contribution >= 4 is 21.5 Å². The predicted octanol–water partition coefficient (Wildman–Crippen LogP) is 7.04. The summed E-state index contributed by atoms with van der Waals surface area (Å²) in [6, 6.07) is 32.4. The van der Waals surface area contributed by atoms with E-state index >= 15 is 0 Å². The SMILES string of the molecule is COc1ccccc1-c1c2ccccc2c(-c2ccccc2O)c2ccccc12. The van der Waals surface area contributed by atoms with Crippen LogP contribution in [0.2, 0.25) is 0 Å². The number of ether oxygens (including phenoxy) is 1. The predicted molar refractivity (Wildman–Crippen MR) is 121 cm³/mol. The zero-order chi connectivity index (χ0) is 19.8. The molecule has 5 aromatic rings. The molecule has 2 heteroatoms. The Hall–Kier alpha value is -3.78. The van der Waals surface area contributed by atoms with Crippen LogP contribution in [0.1, 0.15) is 0 Å². The van der Waals surface area contributed by atoms with E-state index in [1.165, 1.54) is 0 Å². The molecule has 5 rings (SSSR count). The van der Waals surface area contributed by atoms with Gasteiger partial charge in [0.25, 0.3) is 0 Å². The molecule has 0 bridgehead atoms. The molecule has 0 aliphatic rings. The van der Waals surface area contributed by atoms with Gasteiger partial charge in [-0.25, -0.2) is 0 Å². The molecule has 0 aromatic heterocycles. The number of phenolic OH excluding ortho intramolecular Hbond substituents is 1. The normalized spacial score (nSPS) is 11.1. The molecular weight excluding hydrogens is 356 g/mol. The monoisotopic (exact) mass is 376 g/mol. The van der Waals surface area contributed by atoms with Crippen LogP contribution in [-0.2, 0) is 0 Å². The summed E-state index contributed by atoms with van der Waals surface area (Å²) < 4.78 is 5.69. The number of hydrogen-bond donors (Lipinski definition) is 1. The zero-order valence-corrected chi connectivity index (χ0v) is 16.1. The van der Waals surface area contributed by atoms with E-state index in [2.05, 4.69) is 42.5 Å². The molecule has 0 unspecified atom stereocenters. The number of phenols is 1. The molecule has 0 heterocycles. The van der Waals surface area contributed by atoms with Gasteiger partial charge in [0.2, 0.25) is 0 Å². The smallest absolute Gasteiger partial charge is 0.126 e. The quantitative estimate of drug-likeness (QED) is 0.342. The Morgan fingerprint density at radius 1 is 0.517 bits per heavy atom. The minimum Gasteiger partial charge on any atom is -0.507 e. The van der Waals surface area contributed by atoms with Gasteiger partial charge in [0.05, 0.1) is 7.11 Å². The fourth-order valence-electron chi connectivity index (χ4n) is 4.24. The van der Waals surface area contributed by atoms with Crippen molar-refractivity contribution in [1.29, 1.82) is 0 Å². The second-order valence-electron chi connectivity index (χ2n) is 7.06. The number of fused-ring (bicyclic) bond motifs is 2. The first kappa shape index (κ1) is 17.3. The number of rotatable bonds is 3. The van der Waals surface area contributed by atoms with E-state index in [-0.39, 0.29) is 5.75 Å². The molecule has 2 nitrogen and oxygen atoms in total. The molecule has 1 N–H and O–H groups in total. The summed E-state index contributed by atoms with van der Waals surface area (Å²) in [5, 5.41) is 15.1. The van der Waals surface area contributed by atoms with Gasteiger partial charge in [-0.3, -0.25) is 0 Å². The molecule has 0 aliphatic heterocycles. The summed E-state index contributed by atoms with van der Waals surface area (Å²) in [5.74, 6) is 1.13.